The fraction of sp³-hybridized carbons (Fsp3) is 0.278. The molecular weight excluding hydrogens is 329 g/mol. The summed E-state index contributed by atoms with van der Waals surface area (Å²) < 4.78 is 14.5. The number of carbonyl (C=O) groups is 1. The molecule has 1 heterocycles. The summed E-state index contributed by atoms with van der Waals surface area (Å²) in [5.41, 5.74) is 0.999. The van der Waals surface area contributed by atoms with E-state index in [2.05, 4.69) is 5.10 Å². The molecule has 0 unspecified atom stereocenters. The van der Waals surface area contributed by atoms with Crippen LogP contribution in [0.5, 0.6) is 0 Å². The average Bonchev–Trinajstić information content (AvgIpc) is 2.79. The highest BCUT2D eigenvalue weighted by molar-refractivity contribution is 6.31. The summed E-state index contributed by atoms with van der Waals surface area (Å²) in [5.74, 6) is -0.628. The second kappa shape index (κ2) is 6.58. The van der Waals surface area contributed by atoms with Gasteiger partial charge in [-0.3, -0.25) is 4.79 Å². The van der Waals surface area contributed by atoms with E-state index in [0.29, 0.717) is 16.9 Å². The number of nitriles is 1. The van der Waals surface area contributed by atoms with Gasteiger partial charge in [0.25, 0.3) is 0 Å². The summed E-state index contributed by atoms with van der Waals surface area (Å²) in [4.78, 5) is 12.3. The van der Waals surface area contributed by atoms with Crippen LogP contribution < -0.4 is 0 Å². The maximum Gasteiger partial charge on any atom is 0.178 e. The minimum atomic E-state index is -0.672. The highest BCUT2D eigenvalue weighted by atomic mass is 35.5. The van der Waals surface area contributed by atoms with Crippen LogP contribution in [0.4, 0.5) is 4.39 Å². The summed E-state index contributed by atoms with van der Waals surface area (Å²) in [7, 11) is 0. The van der Waals surface area contributed by atoms with E-state index in [4.69, 9.17) is 11.6 Å². The molecule has 24 heavy (non-hydrogen) atoms. The zero-order valence-electron chi connectivity index (χ0n) is 13.9. The molecule has 0 aliphatic carbocycles. The number of Topliss-reactive ketones (excluding diaryl/α,β-unsaturated/α-hetero) is 1. The van der Waals surface area contributed by atoms with Crippen LogP contribution in [-0.2, 0) is 4.79 Å². The molecule has 0 radical (unpaired) electrons. The van der Waals surface area contributed by atoms with Crippen LogP contribution in [0, 0.1) is 29.5 Å². The minimum Gasteiger partial charge on any atom is -0.293 e. The summed E-state index contributed by atoms with van der Waals surface area (Å²) >= 11 is 6.37. The molecular formula is C18H17ClFN3O. The lowest BCUT2D eigenvalue weighted by atomic mass is 9.86. The molecule has 2 aromatic rings. The molecule has 0 saturated carbocycles. The number of aromatic nitrogens is 2. The van der Waals surface area contributed by atoms with Crippen LogP contribution in [0.3, 0.4) is 0 Å². The number of nitrogens with zero attached hydrogens (tertiary/aromatic N) is 3. The second-order valence-corrected chi connectivity index (χ2v) is 6.79. The van der Waals surface area contributed by atoms with E-state index in [9.17, 15) is 14.4 Å². The van der Waals surface area contributed by atoms with Crippen molar-refractivity contribution in [3.05, 3.63) is 52.1 Å². The second-order valence-electron chi connectivity index (χ2n) is 6.43. The van der Waals surface area contributed by atoms with Crippen molar-refractivity contribution < 1.29 is 9.18 Å². The Balaban J connectivity index is 2.53. The van der Waals surface area contributed by atoms with Gasteiger partial charge in [0.15, 0.2) is 5.78 Å². The van der Waals surface area contributed by atoms with Gasteiger partial charge in [-0.1, -0.05) is 32.4 Å². The first kappa shape index (κ1) is 17.9. The van der Waals surface area contributed by atoms with E-state index >= 15 is 0 Å². The normalized spacial score (nSPS) is 12.1. The van der Waals surface area contributed by atoms with Gasteiger partial charge in [0.05, 0.1) is 17.0 Å². The fourth-order valence-corrected chi connectivity index (χ4v) is 2.45. The van der Waals surface area contributed by atoms with E-state index in [0.717, 1.165) is 0 Å². The van der Waals surface area contributed by atoms with E-state index < -0.39 is 5.41 Å². The van der Waals surface area contributed by atoms with Gasteiger partial charge in [0, 0.05) is 11.0 Å². The lowest BCUT2D eigenvalue weighted by Crippen LogP contribution is -2.21. The summed E-state index contributed by atoms with van der Waals surface area (Å²) in [6.45, 7) is 6.97. The largest absolute Gasteiger partial charge is 0.293 e. The SMILES string of the molecule is Cc1nn(-c2ccc(F)cc2)c(Cl)c1/C=C(\C#N)C(=O)C(C)(C)C. The predicted molar refractivity (Wildman–Crippen MR) is 91.3 cm³/mol. The topological polar surface area (TPSA) is 58.7 Å². The quantitative estimate of drug-likeness (QED) is 0.608. The van der Waals surface area contributed by atoms with Gasteiger partial charge in [-0.15, -0.1) is 0 Å². The van der Waals surface area contributed by atoms with Gasteiger partial charge in [-0.2, -0.15) is 10.4 Å². The average molecular weight is 346 g/mol. The number of hydrogen-bond acceptors (Lipinski definition) is 3. The molecule has 0 bridgehead atoms. The van der Waals surface area contributed by atoms with Gasteiger partial charge < -0.3 is 0 Å². The molecule has 0 spiro atoms. The molecule has 4 nitrogen and oxygen atoms in total. The zero-order chi connectivity index (χ0) is 18.1. The van der Waals surface area contributed by atoms with Gasteiger partial charge in [-0.05, 0) is 37.3 Å². The van der Waals surface area contributed by atoms with Gasteiger partial charge in [0.2, 0.25) is 0 Å². The molecule has 0 fully saturated rings. The number of allylic oxidation sites excluding steroid dienone is 1. The Morgan fingerprint density at radius 2 is 1.92 bits per heavy atom. The molecule has 6 heteroatoms. The first-order valence-corrected chi connectivity index (χ1v) is 7.70. The van der Waals surface area contributed by atoms with Crippen LogP contribution in [0.15, 0.2) is 29.8 Å². The Hall–Kier alpha value is -2.45. The van der Waals surface area contributed by atoms with Gasteiger partial charge in [0.1, 0.15) is 17.0 Å². The fourth-order valence-electron chi connectivity index (χ4n) is 2.13. The van der Waals surface area contributed by atoms with E-state index in [1.807, 2.05) is 6.07 Å². The molecule has 2 rings (SSSR count). The lowest BCUT2D eigenvalue weighted by Gasteiger charge is -2.15. The third kappa shape index (κ3) is 3.55. The first-order valence-electron chi connectivity index (χ1n) is 7.33. The number of aryl methyl sites for hydroxylation is 1. The number of hydrogen-bond donors (Lipinski definition) is 0. The van der Waals surface area contributed by atoms with Crippen molar-refractivity contribution in [2.24, 2.45) is 5.41 Å². The Bertz CT molecular complexity index is 852. The molecule has 0 N–H and O–H groups in total. The van der Waals surface area contributed by atoms with E-state index in [-0.39, 0.29) is 22.3 Å². The van der Waals surface area contributed by atoms with E-state index in [1.165, 1.54) is 22.9 Å². The van der Waals surface area contributed by atoms with Gasteiger partial charge in [-0.25, -0.2) is 9.07 Å². The van der Waals surface area contributed by atoms with Crippen molar-refractivity contribution in [2.75, 3.05) is 0 Å². The van der Waals surface area contributed by atoms with Crippen LogP contribution in [0.2, 0.25) is 5.15 Å². The highest BCUT2D eigenvalue weighted by Gasteiger charge is 2.26. The van der Waals surface area contributed by atoms with E-state index in [1.54, 1.807) is 39.8 Å². The van der Waals surface area contributed by atoms with Crippen molar-refractivity contribution in [2.45, 2.75) is 27.7 Å². The summed E-state index contributed by atoms with van der Waals surface area (Å²) in [6.07, 6.45) is 1.46. The summed E-state index contributed by atoms with van der Waals surface area (Å²) in [5, 5.41) is 13.9. The Morgan fingerprint density at radius 1 is 1.33 bits per heavy atom. The van der Waals surface area contributed by atoms with Crippen LogP contribution in [-0.4, -0.2) is 15.6 Å². The monoisotopic (exact) mass is 345 g/mol. The molecule has 0 atom stereocenters. The molecule has 124 valence electrons. The molecule has 1 aromatic heterocycles. The maximum atomic E-state index is 13.1. The number of ketones is 1. The van der Waals surface area contributed by atoms with Crippen LogP contribution in [0.25, 0.3) is 11.8 Å². The highest BCUT2D eigenvalue weighted by Crippen LogP contribution is 2.28. The third-order valence-corrected chi connectivity index (χ3v) is 3.82. The summed E-state index contributed by atoms with van der Waals surface area (Å²) in [6, 6.07) is 7.65. The number of halogens is 2. The third-order valence-electron chi connectivity index (χ3n) is 3.45. The Kier molecular flexibility index (Phi) is 4.91. The molecule has 0 aliphatic rings. The van der Waals surface area contributed by atoms with Crippen molar-refractivity contribution in [1.82, 2.24) is 9.78 Å². The van der Waals surface area contributed by atoms with Crippen molar-refractivity contribution in [3.8, 4) is 11.8 Å². The smallest absolute Gasteiger partial charge is 0.178 e. The Labute approximate surface area is 145 Å². The van der Waals surface area contributed by atoms with Crippen molar-refractivity contribution in [1.29, 1.82) is 5.26 Å². The van der Waals surface area contributed by atoms with Crippen molar-refractivity contribution in [3.63, 3.8) is 0 Å². The number of benzene rings is 1. The zero-order valence-corrected chi connectivity index (χ0v) is 14.6. The number of carbonyl (C=O) groups excluding carboxylic acids is 1. The number of rotatable bonds is 3. The molecule has 0 amide bonds. The van der Waals surface area contributed by atoms with Gasteiger partial charge >= 0.3 is 0 Å². The standard InChI is InChI=1S/C18H17ClFN3O/c1-11-15(9-12(10-21)16(24)18(2,3)4)17(19)23(22-11)14-7-5-13(20)6-8-14/h5-9H,1-4H3/b12-9+. The first-order chi connectivity index (χ1) is 11.1. The molecule has 0 saturated heterocycles. The lowest BCUT2D eigenvalue weighted by molar-refractivity contribution is -0.121. The van der Waals surface area contributed by atoms with Crippen LogP contribution >= 0.6 is 11.6 Å². The molecule has 1 aromatic carbocycles. The predicted octanol–water partition coefficient (Wildman–Crippen LogP) is 4.50. The van der Waals surface area contributed by atoms with Crippen molar-refractivity contribution >= 4 is 23.5 Å². The van der Waals surface area contributed by atoms with Crippen LogP contribution in [0.1, 0.15) is 32.0 Å². The minimum absolute atomic E-state index is 0.0196. The maximum absolute atomic E-state index is 13.1. The Morgan fingerprint density at radius 3 is 2.42 bits per heavy atom. The molecule has 0 aliphatic heterocycles.